The maximum Gasteiger partial charge on any atom is 0.234 e. The number of halogens is 1. The van der Waals surface area contributed by atoms with E-state index < -0.39 is 0 Å². The van der Waals surface area contributed by atoms with E-state index in [0.717, 1.165) is 42.8 Å². The average molecular weight is 485 g/mol. The molecule has 33 heavy (non-hydrogen) atoms. The summed E-state index contributed by atoms with van der Waals surface area (Å²) in [6.45, 7) is 4.08. The molecule has 0 spiro atoms. The smallest absolute Gasteiger partial charge is 0.234 e. The predicted octanol–water partition coefficient (Wildman–Crippen LogP) is 3.90. The topological polar surface area (TPSA) is 65.5 Å². The zero-order chi connectivity index (χ0) is 23.0. The standard InChI is InChI=1S/C24H25FN4O2S2/c25-19-6-8-20(9-7-19)26-22(30)17-33-24-27-21(16-32-24)14-23(31)29-12-10-28(11-13-29)15-18-4-2-1-3-5-18/h1-9,16H,10-15,17H2,(H,26,30). The Hall–Kier alpha value is -2.75. The number of carbonyl (C=O) groups is 2. The van der Waals surface area contributed by atoms with Crippen molar-refractivity contribution in [1.82, 2.24) is 14.8 Å². The van der Waals surface area contributed by atoms with E-state index in [4.69, 9.17) is 0 Å². The molecule has 6 nitrogen and oxygen atoms in total. The molecule has 0 atom stereocenters. The quantitative estimate of drug-likeness (QED) is 0.492. The molecule has 0 saturated carbocycles. The van der Waals surface area contributed by atoms with E-state index in [2.05, 4.69) is 27.3 Å². The normalized spacial score (nSPS) is 14.3. The number of rotatable bonds is 8. The number of nitrogens with one attached hydrogen (secondary N) is 1. The molecule has 2 heterocycles. The van der Waals surface area contributed by atoms with Gasteiger partial charge >= 0.3 is 0 Å². The van der Waals surface area contributed by atoms with Crippen molar-refractivity contribution in [3.63, 3.8) is 0 Å². The fourth-order valence-electron chi connectivity index (χ4n) is 3.56. The number of anilines is 1. The zero-order valence-corrected chi connectivity index (χ0v) is 19.7. The summed E-state index contributed by atoms with van der Waals surface area (Å²) in [4.78, 5) is 33.6. The molecule has 1 aliphatic heterocycles. The first kappa shape index (κ1) is 23.4. The van der Waals surface area contributed by atoms with Gasteiger partial charge < -0.3 is 10.2 Å². The molecule has 0 bridgehead atoms. The Morgan fingerprint density at radius 3 is 2.48 bits per heavy atom. The van der Waals surface area contributed by atoms with Gasteiger partial charge in [0.15, 0.2) is 4.34 Å². The van der Waals surface area contributed by atoms with E-state index in [-0.39, 0.29) is 29.8 Å². The molecule has 9 heteroatoms. The van der Waals surface area contributed by atoms with Crippen LogP contribution < -0.4 is 5.32 Å². The van der Waals surface area contributed by atoms with Gasteiger partial charge in [0.25, 0.3) is 0 Å². The van der Waals surface area contributed by atoms with Gasteiger partial charge in [0.05, 0.1) is 17.9 Å². The number of nitrogens with zero attached hydrogens (tertiary/aromatic N) is 3. The predicted molar refractivity (Wildman–Crippen MR) is 130 cm³/mol. The van der Waals surface area contributed by atoms with Gasteiger partial charge in [0, 0.05) is 43.8 Å². The van der Waals surface area contributed by atoms with E-state index in [1.165, 1.54) is 52.9 Å². The second-order valence-corrected chi connectivity index (χ2v) is 9.85. The monoisotopic (exact) mass is 484 g/mol. The Morgan fingerprint density at radius 2 is 1.76 bits per heavy atom. The Morgan fingerprint density at radius 1 is 1.03 bits per heavy atom. The Kier molecular flexibility index (Phi) is 8.09. The third-order valence-electron chi connectivity index (χ3n) is 5.29. The van der Waals surface area contributed by atoms with Crippen molar-refractivity contribution in [2.24, 2.45) is 0 Å². The number of thiazole rings is 1. The summed E-state index contributed by atoms with van der Waals surface area (Å²) < 4.78 is 13.7. The number of amides is 2. The molecule has 4 rings (SSSR count). The van der Waals surface area contributed by atoms with Gasteiger partial charge in [-0.05, 0) is 29.8 Å². The van der Waals surface area contributed by atoms with Crippen LogP contribution in [0.5, 0.6) is 0 Å². The van der Waals surface area contributed by atoms with Gasteiger partial charge in [-0.3, -0.25) is 14.5 Å². The Bertz CT molecular complexity index is 1070. The largest absolute Gasteiger partial charge is 0.340 e. The summed E-state index contributed by atoms with van der Waals surface area (Å²) in [6, 6.07) is 16.0. The van der Waals surface area contributed by atoms with Gasteiger partial charge in [0.1, 0.15) is 5.82 Å². The number of thioether (sulfide) groups is 1. The number of benzene rings is 2. The minimum atomic E-state index is -0.346. The third kappa shape index (κ3) is 7.12. The molecule has 172 valence electrons. The lowest BCUT2D eigenvalue weighted by Gasteiger charge is -2.34. The highest BCUT2D eigenvalue weighted by molar-refractivity contribution is 8.01. The summed E-state index contributed by atoms with van der Waals surface area (Å²) >= 11 is 2.76. The maximum atomic E-state index is 12.9. The van der Waals surface area contributed by atoms with Crippen LogP contribution in [-0.2, 0) is 22.6 Å². The lowest BCUT2D eigenvalue weighted by Crippen LogP contribution is -2.48. The lowest BCUT2D eigenvalue weighted by atomic mass is 10.2. The first-order valence-corrected chi connectivity index (χ1v) is 12.6. The van der Waals surface area contributed by atoms with Crippen LogP contribution in [0.3, 0.4) is 0 Å². The molecule has 0 aliphatic carbocycles. The van der Waals surface area contributed by atoms with E-state index in [0.29, 0.717) is 5.69 Å². The summed E-state index contributed by atoms with van der Waals surface area (Å²) in [5.41, 5.74) is 2.57. The first-order valence-electron chi connectivity index (χ1n) is 10.7. The van der Waals surface area contributed by atoms with Gasteiger partial charge in [-0.1, -0.05) is 42.1 Å². The second-order valence-electron chi connectivity index (χ2n) is 7.77. The highest BCUT2D eigenvalue weighted by Gasteiger charge is 2.22. The van der Waals surface area contributed by atoms with E-state index in [9.17, 15) is 14.0 Å². The molecule has 3 aromatic rings. The van der Waals surface area contributed by atoms with Crippen molar-refractivity contribution in [2.75, 3.05) is 37.2 Å². The third-order valence-corrected chi connectivity index (χ3v) is 7.36. The van der Waals surface area contributed by atoms with Crippen LogP contribution in [0.4, 0.5) is 10.1 Å². The molecular weight excluding hydrogens is 459 g/mol. The highest BCUT2D eigenvalue weighted by atomic mass is 32.2. The molecule has 1 fully saturated rings. The molecule has 0 unspecified atom stereocenters. The first-order chi connectivity index (χ1) is 16.0. The van der Waals surface area contributed by atoms with Crippen molar-refractivity contribution in [1.29, 1.82) is 0 Å². The lowest BCUT2D eigenvalue weighted by molar-refractivity contribution is -0.132. The van der Waals surface area contributed by atoms with Crippen LogP contribution in [0.2, 0.25) is 0 Å². The molecule has 2 amide bonds. The van der Waals surface area contributed by atoms with Crippen molar-refractivity contribution in [3.05, 3.63) is 77.1 Å². The number of aromatic nitrogens is 1. The molecule has 2 aromatic carbocycles. The summed E-state index contributed by atoms with van der Waals surface area (Å²) in [6.07, 6.45) is 0.275. The van der Waals surface area contributed by atoms with E-state index >= 15 is 0 Å². The van der Waals surface area contributed by atoms with Gasteiger partial charge in [-0.15, -0.1) is 11.3 Å². The van der Waals surface area contributed by atoms with Crippen LogP contribution in [0.25, 0.3) is 0 Å². The molecule has 1 aliphatic rings. The van der Waals surface area contributed by atoms with Crippen LogP contribution >= 0.6 is 23.1 Å². The molecular formula is C24H25FN4O2S2. The average Bonchev–Trinajstić information content (AvgIpc) is 3.27. The van der Waals surface area contributed by atoms with Gasteiger partial charge in [-0.2, -0.15) is 0 Å². The van der Waals surface area contributed by atoms with Crippen molar-refractivity contribution in [2.45, 2.75) is 17.3 Å². The van der Waals surface area contributed by atoms with Gasteiger partial charge in [-0.25, -0.2) is 9.37 Å². The van der Waals surface area contributed by atoms with Crippen molar-refractivity contribution >= 4 is 40.6 Å². The van der Waals surface area contributed by atoms with Crippen LogP contribution in [0.1, 0.15) is 11.3 Å². The zero-order valence-electron chi connectivity index (χ0n) is 18.1. The number of hydrogen-bond acceptors (Lipinski definition) is 6. The highest BCUT2D eigenvalue weighted by Crippen LogP contribution is 2.23. The minimum Gasteiger partial charge on any atom is -0.340 e. The van der Waals surface area contributed by atoms with Crippen LogP contribution in [-0.4, -0.2) is 58.5 Å². The second kappa shape index (κ2) is 11.4. The molecule has 1 aromatic heterocycles. The summed E-state index contributed by atoms with van der Waals surface area (Å²) in [5.74, 6) is -0.249. The number of piperazine rings is 1. The van der Waals surface area contributed by atoms with Crippen LogP contribution in [0, 0.1) is 5.82 Å². The Balaban J connectivity index is 1.19. The fourth-order valence-corrected chi connectivity index (χ4v) is 5.20. The summed E-state index contributed by atoms with van der Waals surface area (Å²) in [7, 11) is 0. The molecule has 1 N–H and O–H groups in total. The van der Waals surface area contributed by atoms with Crippen molar-refractivity contribution in [3.8, 4) is 0 Å². The molecule has 0 radical (unpaired) electrons. The number of hydrogen-bond donors (Lipinski definition) is 1. The number of carbonyl (C=O) groups excluding carboxylic acids is 2. The van der Waals surface area contributed by atoms with Crippen molar-refractivity contribution < 1.29 is 14.0 Å². The van der Waals surface area contributed by atoms with Gasteiger partial charge in [0.2, 0.25) is 11.8 Å². The molecule has 1 saturated heterocycles. The fraction of sp³-hybridized carbons (Fsp3) is 0.292. The minimum absolute atomic E-state index is 0.0882. The Labute approximate surface area is 200 Å². The SMILES string of the molecule is O=C(CSc1nc(CC(=O)N2CCN(Cc3ccccc3)CC2)cs1)Nc1ccc(F)cc1. The van der Waals surface area contributed by atoms with E-state index in [1.807, 2.05) is 28.5 Å². The maximum absolute atomic E-state index is 12.9. The van der Waals surface area contributed by atoms with E-state index in [1.54, 1.807) is 0 Å². The summed E-state index contributed by atoms with van der Waals surface area (Å²) in [5, 5.41) is 4.60. The van der Waals surface area contributed by atoms with Crippen LogP contribution in [0.15, 0.2) is 64.3 Å².